The molecule has 2 aromatic rings. The zero-order valence-electron chi connectivity index (χ0n) is 15.3. The number of hydrogen-bond acceptors (Lipinski definition) is 6. The van der Waals surface area contributed by atoms with Gasteiger partial charge in [-0.15, -0.1) is 0 Å². The summed E-state index contributed by atoms with van der Waals surface area (Å²) in [6, 6.07) is 8.08. The maximum atomic E-state index is 12.1. The van der Waals surface area contributed by atoms with E-state index >= 15 is 0 Å². The van der Waals surface area contributed by atoms with Gasteiger partial charge >= 0.3 is 11.0 Å². The fourth-order valence-corrected chi connectivity index (χ4v) is 3.39. The number of nitrogens with one attached hydrogen (secondary N) is 1. The molecule has 1 N–H and O–H groups in total. The SMILES string of the molecule is CC(C)(C)OC(=O)N1CCN(Cc2ccc(-c3n[nH]c(=O)s3)cc2)CC1. The van der Waals surface area contributed by atoms with Gasteiger partial charge in [0.05, 0.1) is 0 Å². The lowest BCUT2D eigenvalue weighted by Crippen LogP contribution is -2.49. The van der Waals surface area contributed by atoms with Crippen LogP contribution < -0.4 is 4.87 Å². The van der Waals surface area contributed by atoms with Crippen molar-refractivity contribution in [2.75, 3.05) is 26.2 Å². The zero-order chi connectivity index (χ0) is 18.7. The molecule has 0 saturated carbocycles. The Labute approximate surface area is 156 Å². The Morgan fingerprint density at radius 2 is 1.85 bits per heavy atom. The van der Waals surface area contributed by atoms with Gasteiger partial charge in [0.15, 0.2) is 0 Å². The van der Waals surface area contributed by atoms with Crippen LogP contribution in [0.3, 0.4) is 0 Å². The van der Waals surface area contributed by atoms with Gasteiger partial charge in [0, 0.05) is 38.3 Å². The summed E-state index contributed by atoms with van der Waals surface area (Å²) in [5.41, 5.74) is 1.67. The molecule has 0 spiro atoms. The summed E-state index contributed by atoms with van der Waals surface area (Å²) in [4.78, 5) is 27.3. The molecule has 3 rings (SSSR count). The van der Waals surface area contributed by atoms with Crippen molar-refractivity contribution in [1.29, 1.82) is 0 Å². The predicted molar refractivity (Wildman–Crippen MR) is 101 cm³/mol. The molecule has 140 valence electrons. The number of hydrogen-bond donors (Lipinski definition) is 1. The molecule has 1 fully saturated rings. The smallest absolute Gasteiger partial charge is 0.410 e. The second-order valence-electron chi connectivity index (χ2n) is 7.36. The molecule has 1 aliphatic rings. The van der Waals surface area contributed by atoms with Crippen LogP contribution in [0.1, 0.15) is 26.3 Å². The van der Waals surface area contributed by atoms with Crippen molar-refractivity contribution in [3.63, 3.8) is 0 Å². The third-order valence-electron chi connectivity index (χ3n) is 4.07. The minimum Gasteiger partial charge on any atom is -0.444 e. The molecule has 1 aromatic carbocycles. The van der Waals surface area contributed by atoms with Crippen LogP contribution in [0.15, 0.2) is 29.1 Å². The van der Waals surface area contributed by atoms with Crippen LogP contribution in [0.5, 0.6) is 0 Å². The number of carbonyl (C=O) groups is 1. The number of rotatable bonds is 3. The van der Waals surface area contributed by atoms with E-state index in [2.05, 4.69) is 27.2 Å². The maximum absolute atomic E-state index is 12.1. The van der Waals surface area contributed by atoms with E-state index in [9.17, 15) is 9.59 Å². The molecule has 0 radical (unpaired) electrons. The highest BCUT2D eigenvalue weighted by molar-refractivity contribution is 7.12. The van der Waals surface area contributed by atoms with Crippen molar-refractivity contribution in [1.82, 2.24) is 20.0 Å². The van der Waals surface area contributed by atoms with E-state index < -0.39 is 5.60 Å². The van der Waals surface area contributed by atoms with Crippen molar-refractivity contribution < 1.29 is 9.53 Å². The third kappa shape index (κ3) is 4.92. The van der Waals surface area contributed by atoms with Gasteiger partial charge in [-0.3, -0.25) is 9.69 Å². The molecule has 1 aliphatic heterocycles. The summed E-state index contributed by atoms with van der Waals surface area (Å²) in [6.45, 7) is 9.47. The molecule has 26 heavy (non-hydrogen) atoms. The van der Waals surface area contributed by atoms with E-state index in [0.29, 0.717) is 18.1 Å². The third-order valence-corrected chi connectivity index (χ3v) is 4.87. The van der Waals surface area contributed by atoms with E-state index in [0.717, 1.165) is 36.5 Å². The number of aromatic nitrogens is 2. The van der Waals surface area contributed by atoms with Gasteiger partial charge in [-0.1, -0.05) is 35.6 Å². The zero-order valence-corrected chi connectivity index (χ0v) is 16.1. The van der Waals surface area contributed by atoms with Crippen molar-refractivity contribution in [2.45, 2.75) is 32.9 Å². The van der Waals surface area contributed by atoms with Crippen LogP contribution in [-0.2, 0) is 11.3 Å². The highest BCUT2D eigenvalue weighted by Crippen LogP contribution is 2.20. The van der Waals surface area contributed by atoms with Crippen molar-refractivity contribution in [2.24, 2.45) is 0 Å². The van der Waals surface area contributed by atoms with Crippen LogP contribution in [-0.4, -0.2) is 57.9 Å². The van der Waals surface area contributed by atoms with Gasteiger partial charge in [0.1, 0.15) is 10.6 Å². The number of benzene rings is 1. The number of piperazine rings is 1. The fraction of sp³-hybridized carbons (Fsp3) is 0.500. The molecule has 0 unspecified atom stereocenters. The Hall–Kier alpha value is -2.19. The molecule has 7 nitrogen and oxygen atoms in total. The highest BCUT2D eigenvalue weighted by Gasteiger charge is 2.25. The van der Waals surface area contributed by atoms with Crippen LogP contribution >= 0.6 is 11.3 Å². The lowest BCUT2D eigenvalue weighted by Gasteiger charge is -2.35. The Morgan fingerprint density at radius 1 is 1.19 bits per heavy atom. The van der Waals surface area contributed by atoms with Gasteiger partial charge < -0.3 is 9.64 Å². The quantitative estimate of drug-likeness (QED) is 0.891. The summed E-state index contributed by atoms with van der Waals surface area (Å²) in [5, 5.41) is 7.14. The van der Waals surface area contributed by atoms with Crippen LogP contribution in [0.25, 0.3) is 10.6 Å². The molecular formula is C18H24N4O3S. The minimum absolute atomic E-state index is 0.146. The van der Waals surface area contributed by atoms with Gasteiger partial charge in [0.2, 0.25) is 0 Å². The lowest BCUT2D eigenvalue weighted by molar-refractivity contribution is 0.0139. The van der Waals surface area contributed by atoms with Gasteiger partial charge in [-0.2, -0.15) is 5.10 Å². The number of nitrogens with zero attached hydrogens (tertiary/aromatic N) is 3. The van der Waals surface area contributed by atoms with E-state index in [1.54, 1.807) is 4.90 Å². The Morgan fingerprint density at radius 3 is 2.38 bits per heavy atom. The Balaban J connectivity index is 1.51. The standard InChI is InChI=1S/C18H24N4O3S/c1-18(2,3)25-17(24)22-10-8-21(9-11-22)12-13-4-6-14(7-5-13)15-19-20-16(23)26-15/h4-7H,8-12H2,1-3H3,(H,20,23). The Bertz CT molecular complexity index is 799. The topological polar surface area (TPSA) is 78.5 Å². The largest absolute Gasteiger partial charge is 0.444 e. The highest BCUT2D eigenvalue weighted by atomic mass is 32.1. The van der Waals surface area contributed by atoms with E-state index in [1.165, 1.54) is 5.56 Å². The monoisotopic (exact) mass is 376 g/mol. The first-order valence-electron chi connectivity index (χ1n) is 8.65. The average Bonchev–Trinajstić information content (AvgIpc) is 3.01. The van der Waals surface area contributed by atoms with Crippen molar-refractivity contribution >= 4 is 17.4 Å². The first kappa shape index (κ1) is 18.6. The van der Waals surface area contributed by atoms with E-state index in [4.69, 9.17) is 4.74 Å². The van der Waals surface area contributed by atoms with Gasteiger partial charge in [0.25, 0.3) is 0 Å². The molecule has 1 saturated heterocycles. The average molecular weight is 376 g/mol. The van der Waals surface area contributed by atoms with Crippen LogP contribution in [0, 0.1) is 0 Å². The predicted octanol–water partition coefficient (Wildman–Crippen LogP) is 2.55. The normalized spacial score (nSPS) is 15.9. The first-order valence-corrected chi connectivity index (χ1v) is 9.47. The Kier molecular flexibility index (Phi) is 5.43. The molecule has 1 amide bonds. The van der Waals surface area contributed by atoms with Gasteiger partial charge in [-0.05, 0) is 26.3 Å². The number of aromatic amines is 1. The van der Waals surface area contributed by atoms with E-state index in [-0.39, 0.29) is 11.0 Å². The molecule has 2 heterocycles. The van der Waals surface area contributed by atoms with E-state index in [1.807, 2.05) is 32.9 Å². The summed E-state index contributed by atoms with van der Waals surface area (Å²) in [6.07, 6.45) is -0.237. The number of carbonyl (C=O) groups excluding carboxylic acids is 1. The fourth-order valence-electron chi connectivity index (χ4n) is 2.78. The van der Waals surface area contributed by atoms with Crippen LogP contribution in [0.2, 0.25) is 0 Å². The number of ether oxygens (including phenoxy) is 1. The lowest BCUT2D eigenvalue weighted by atomic mass is 10.1. The molecule has 0 atom stereocenters. The number of H-pyrrole nitrogens is 1. The first-order chi connectivity index (χ1) is 12.3. The molecular weight excluding hydrogens is 352 g/mol. The van der Waals surface area contributed by atoms with Crippen molar-refractivity contribution in [3.05, 3.63) is 39.5 Å². The minimum atomic E-state index is -0.460. The summed E-state index contributed by atoms with van der Waals surface area (Å²) < 4.78 is 5.43. The molecule has 1 aromatic heterocycles. The molecule has 0 bridgehead atoms. The molecule has 0 aliphatic carbocycles. The maximum Gasteiger partial charge on any atom is 0.410 e. The number of amides is 1. The van der Waals surface area contributed by atoms with Crippen LogP contribution in [0.4, 0.5) is 4.79 Å². The molecule has 8 heteroatoms. The van der Waals surface area contributed by atoms with Crippen molar-refractivity contribution in [3.8, 4) is 10.6 Å². The second-order valence-corrected chi connectivity index (χ2v) is 8.32. The summed E-state index contributed by atoms with van der Waals surface area (Å²) in [7, 11) is 0. The second kappa shape index (κ2) is 7.59. The summed E-state index contributed by atoms with van der Waals surface area (Å²) >= 11 is 1.11. The van der Waals surface area contributed by atoms with Gasteiger partial charge in [-0.25, -0.2) is 9.89 Å². The summed E-state index contributed by atoms with van der Waals surface area (Å²) in [5.74, 6) is 0.